The van der Waals surface area contributed by atoms with Crippen LogP contribution in [0.3, 0.4) is 0 Å². The molecular weight excluding hydrogens is 256 g/mol. The second-order valence-corrected chi connectivity index (χ2v) is 4.88. The molecule has 1 N–H and O–H groups in total. The highest BCUT2D eigenvalue weighted by molar-refractivity contribution is 9.10. The molecule has 0 saturated heterocycles. The molecule has 1 amide bonds. The van der Waals surface area contributed by atoms with Crippen LogP contribution in [0, 0.1) is 5.92 Å². The first-order chi connectivity index (χ1) is 7.04. The molecule has 1 rings (SSSR count). The maximum atomic E-state index is 12.0. The Kier molecular flexibility index (Phi) is 4.39. The molecule has 0 aliphatic rings. The van der Waals surface area contributed by atoms with E-state index in [1.807, 2.05) is 17.9 Å². The summed E-state index contributed by atoms with van der Waals surface area (Å²) in [7, 11) is 0. The van der Waals surface area contributed by atoms with Crippen LogP contribution < -0.4 is 0 Å². The van der Waals surface area contributed by atoms with E-state index < -0.39 is 0 Å². The van der Waals surface area contributed by atoms with E-state index in [1.54, 1.807) is 6.20 Å². The Labute approximate surface area is 99.0 Å². The van der Waals surface area contributed by atoms with Crippen LogP contribution >= 0.6 is 15.9 Å². The Bertz CT molecular complexity index is 333. The van der Waals surface area contributed by atoms with Crippen molar-refractivity contribution < 1.29 is 4.79 Å². The number of rotatable bonds is 4. The molecule has 1 aromatic rings. The van der Waals surface area contributed by atoms with E-state index in [0.717, 1.165) is 17.6 Å². The van der Waals surface area contributed by atoms with Crippen LogP contribution in [0.1, 0.15) is 31.3 Å². The van der Waals surface area contributed by atoms with Gasteiger partial charge in [-0.15, -0.1) is 0 Å². The van der Waals surface area contributed by atoms with E-state index >= 15 is 0 Å². The molecule has 0 aromatic carbocycles. The molecule has 84 valence electrons. The van der Waals surface area contributed by atoms with Crippen LogP contribution in [0.2, 0.25) is 0 Å². The van der Waals surface area contributed by atoms with Gasteiger partial charge in [0.25, 0.3) is 5.91 Å². The number of carbonyl (C=O) groups is 1. The monoisotopic (exact) mass is 272 g/mol. The summed E-state index contributed by atoms with van der Waals surface area (Å²) >= 11 is 3.32. The van der Waals surface area contributed by atoms with Crippen LogP contribution in [0.4, 0.5) is 0 Å². The van der Waals surface area contributed by atoms with E-state index in [9.17, 15) is 4.79 Å². The molecule has 0 spiro atoms. The van der Waals surface area contributed by atoms with Crippen LogP contribution in [0.15, 0.2) is 16.7 Å². The van der Waals surface area contributed by atoms with Crippen molar-refractivity contribution in [1.82, 2.24) is 9.88 Å². The first-order valence-electron chi connectivity index (χ1n) is 5.17. The second-order valence-electron chi connectivity index (χ2n) is 3.97. The number of hydrogen-bond donors (Lipinski definition) is 1. The van der Waals surface area contributed by atoms with Gasteiger partial charge in [-0.1, -0.05) is 13.8 Å². The molecule has 0 radical (unpaired) electrons. The molecule has 0 bridgehead atoms. The molecule has 0 fully saturated rings. The highest BCUT2D eigenvalue weighted by Crippen LogP contribution is 2.13. The Morgan fingerprint density at radius 1 is 1.60 bits per heavy atom. The number of aromatic nitrogens is 1. The van der Waals surface area contributed by atoms with Crippen molar-refractivity contribution in [2.45, 2.75) is 20.8 Å². The Hall–Kier alpha value is -0.770. The van der Waals surface area contributed by atoms with Crippen molar-refractivity contribution in [2.75, 3.05) is 13.1 Å². The Balaban J connectivity index is 2.73. The van der Waals surface area contributed by atoms with Crippen molar-refractivity contribution in [3.8, 4) is 0 Å². The van der Waals surface area contributed by atoms with Gasteiger partial charge in [0, 0.05) is 23.8 Å². The first kappa shape index (κ1) is 12.3. The lowest BCUT2D eigenvalue weighted by atomic mass is 10.2. The van der Waals surface area contributed by atoms with E-state index in [-0.39, 0.29) is 5.91 Å². The summed E-state index contributed by atoms with van der Waals surface area (Å²) in [5, 5.41) is 0. The minimum absolute atomic E-state index is 0.0666. The number of halogens is 1. The lowest BCUT2D eigenvalue weighted by molar-refractivity contribution is 0.0740. The zero-order chi connectivity index (χ0) is 11.4. The van der Waals surface area contributed by atoms with Gasteiger partial charge in [-0.25, -0.2) is 0 Å². The van der Waals surface area contributed by atoms with Crippen LogP contribution in [-0.2, 0) is 0 Å². The predicted octanol–water partition coefficient (Wildman–Crippen LogP) is 2.90. The lowest BCUT2D eigenvalue weighted by Gasteiger charge is -2.22. The minimum Gasteiger partial charge on any atom is -0.356 e. The highest BCUT2D eigenvalue weighted by Gasteiger charge is 2.16. The fraction of sp³-hybridized carbons (Fsp3) is 0.545. The lowest BCUT2D eigenvalue weighted by Crippen LogP contribution is -2.34. The summed E-state index contributed by atoms with van der Waals surface area (Å²) in [6.07, 6.45) is 1.77. The summed E-state index contributed by atoms with van der Waals surface area (Å²) < 4.78 is 0.909. The third-order valence-electron chi connectivity index (χ3n) is 2.13. The molecule has 1 heterocycles. The van der Waals surface area contributed by atoms with Gasteiger partial charge < -0.3 is 9.88 Å². The van der Waals surface area contributed by atoms with Gasteiger partial charge in [-0.05, 0) is 34.8 Å². The number of aromatic amines is 1. The maximum Gasteiger partial charge on any atom is 0.270 e. The van der Waals surface area contributed by atoms with Crippen molar-refractivity contribution in [3.63, 3.8) is 0 Å². The molecule has 0 unspecified atom stereocenters. The normalized spacial score (nSPS) is 10.7. The fourth-order valence-corrected chi connectivity index (χ4v) is 1.80. The maximum absolute atomic E-state index is 12.0. The third-order valence-corrected chi connectivity index (χ3v) is 2.59. The molecule has 0 atom stereocenters. The number of H-pyrrole nitrogens is 1. The Morgan fingerprint density at radius 2 is 2.27 bits per heavy atom. The van der Waals surface area contributed by atoms with E-state index in [4.69, 9.17) is 0 Å². The number of carbonyl (C=O) groups excluding carboxylic acids is 1. The minimum atomic E-state index is 0.0666. The standard InChI is InChI=1S/C11H17BrN2O/c1-4-14(7-8(2)3)11(15)10-5-9(12)6-13-10/h5-6,8,13H,4,7H2,1-3H3. The van der Waals surface area contributed by atoms with E-state index in [1.165, 1.54) is 0 Å². The van der Waals surface area contributed by atoms with Crippen molar-refractivity contribution in [1.29, 1.82) is 0 Å². The first-order valence-corrected chi connectivity index (χ1v) is 5.97. The molecule has 0 saturated carbocycles. The largest absolute Gasteiger partial charge is 0.356 e. The molecule has 3 nitrogen and oxygen atoms in total. The quantitative estimate of drug-likeness (QED) is 0.899. The average molecular weight is 273 g/mol. The van der Waals surface area contributed by atoms with Gasteiger partial charge >= 0.3 is 0 Å². The summed E-state index contributed by atoms with van der Waals surface area (Å²) in [5.41, 5.74) is 0.643. The van der Waals surface area contributed by atoms with Crippen LogP contribution in [0.25, 0.3) is 0 Å². The molecule has 0 aliphatic carbocycles. The molecule has 15 heavy (non-hydrogen) atoms. The van der Waals surface area contributed by atoms with Gasteiger partial charge in [0.15, 0.2) is 0 Å². The summed E-state index contributed by atoms with van der Waals surface area (Å²) in [5.74, 6) is 0.559. The SMILES string of the molecule is CCN(CC(C)C)C(=O)c1cc(Br)c[nH]1. The summed E-state index contributed by atoms with van der Waals surface area (Å²) in [6.45, 7) is 7.76. The number of amides is 1. The van der Waals surface area contributed by atoms with Crippen molar-refractivity contribution in [3.05, 3.63) is 22.4 Å². The predicted molar refractivity (Wildman–Crippen MR) is 64.9 cm³/mol. The van der Waals surface area contributed by atoms with E-state index in [2.05, 4.69) is 34.8 Å². The second kappa shape index (κ2) is 5.35. The summed E-state index contributed by atoms with van der Waals surface area (Å²) in [4.78, 5) is 16.8. The molecular formula is C11H17BrN2O. The zero-order valence-electron chi connectivity index (χ0n) is 9.38. The van der Waals surface area contributed by atoms with Crippen LogP contribution in [0.5, 0.6) is 0 Å². The molecule has 1 aromatic heterocycles. The molecule has 4 heteroatoms. The number of nitrogens with zero attached hydrogens (tertiary/aromatic N) is 1. The topological polar surface area (TPSA) is 36.1 Å². The highest BCUT2D eigenvalue weighted by atomic mass is 79.9. The fourth-order valence-electron chi connectivity index (χ4n) is 1.46. The average Bonchev–Trinajstić information content (AvgIpc) is 2.60. The van der Waals surface area contributed by atoms with Crippen molar-refractivity contribution >= 4 is 21.8 Å². The zero-order valence-corrected chi connectivity index (χ0v) is 11.0. The Morgan fingerprint density at radius 3 is 2.67 bits per heavy atom. The van der Waals surface area contributed by atoms with Gasteiger partial charge in [-0.2, -0.15) is 0 Å². The number of hydrogen-bond acceptors (Lipinski definition) is 1. The van der Waals surface area contributed by atoms with Crippen molar-refractivity contribution in [2.24, 2.45) is 5.92 Å². The van der Waals surface area contributed by atoms with Gasteiger partial charge in [-0.3, -0.25) is 4.79 Å². The molecule has 0 aliphatic heterocycles. The van der Waals surface area contributed by atoms with Gasteiger partial charge in [0.2, 0.25) is 0 Å². The smallest absolute Gasteiger partial charge is 0.270 e. The van der Waals surface area contributed by atoms with Crippen LogP contribution in [-0.4, -0.2) is 28.9 Å². The van der Waals surface area contributed by atoms with E-state index in [0.29, 0.717) is 11.6 Å². The number of nitrogens with one attached hydrogen (secondary N) is 1. The van der Waals surface area contributed by atoms with Gasteiger partial charge in [0.1, 0.15) is 5.69 Å². The summed E-state index contributed by atoms with van der Waals surface area (Å²) in [6, 6.07) is 1.81. The third kappa shape index (κ3) is 3.38. The van der Waals surface area contributed by atoms with Gasteiger partial charge in [0.05, 0.1) is 0 Å².